The second kappa shape index (κ2) is 6.98. The van der Waals surface area contributed by atoms with Gasteiger partial charge in [0.05, 0.1) is 8.71 Å². The molecule has 0 unspecified atom stereocenters. The number of carbonyl (C=O) groups is 1. The molecule has 1 N–H and O–H groups in total. The Balaban J connectivity index is 2.14. The lowest BCUT2D eigenvalue weighted by atomic mass is 10.2. The Morgan fingerprint density at radius 1 is 1.32 bits per heavy atom. The fourth-order valence-electron chi connectivity index (χ4n) is 1.56. The highest BCUT2D eigenvalue weighted by molar-refractivity contribution is 9.11. The summed E-state index contributed by atoms with van der Waals surface area (Å²) in [4.78, 5) is 22.8. The molecule has 1 heterocycles. The first-order valence-corrected chi connectivity index (χ1v) is 7.53. The number of nitrogens with one attached hydrogen (secondary N) is 1. The number of thiophene rings is 1. The van der Waals surface area contributed by atoms with Gasteiger partial charge in [0, 0.05) is 22.7 Å². The summed E-state index contributed by atoms with van der Waals surface area (Å²) in [5.74, 6) is -0.569. The molecule has 0 fully saturated rings. The summed E-state index contributed by atoms with van der Waals surface area (Å²) in [5, 5.41) is 22.2. The van der Waals surface area contributed by atoms with E-state index in [1.54, 1.807) is 6.07 Å². The zero-order chi connectivity index (χ0) is 16.1. The molecule has 8 heteroatoms. The molecule has 0 spiro atoms. The molecular formula is C14H8BrN3O3S. The van der Waals surface area contributed by atoms with Crippen LogP contribution in [0.1, 0.15) is 4.88 Å². The largest absolute Gasteiger partial charge is 0.321 e. The highest BCUT2D eigenvalue weighted by Gasteiger charge is 2.11. The fraction of sp³-hybridized carbons (Fsp3) is 0. The predicted octanol–water partition coefficient (Wildman–Crippen LogP) is 3.96. The van der Waals surface area contributed by atoms with Gasteiger partial charge in [0.2, 0.25) is 0 Å². The number of hydrogen-bond donors (Lipinski definition) is 1. The fourth-order valence-corrected chi connectivity index (χ4v) is 2.93. The molecule has 0 saturated heterocycles. The summed E-state index contributed by atoms with van der Waals surface area (Å²) in [7, 11) is 0. The number of nitriles is 1. The smallest absolute Gasteiger partial charge is 0.269 e. The minimum absolute atomic E-state index is 0.0484. The molecule has 2 aromatic rings. The van der Waals surface area contributed by atoms with E-state index in [4.69, 9.17) is 5.26 Å². The van der Waals surface area contributed by atoms with Crippen molar-refractivity contribution in [2.45, 2.75) is 0 Å². The van der Waals surface area contributed by atoms with Gasteiger partial charge in [-0.1, -0.05) is 0 Å². The Morgan fingerprint density at radius 2 is 2.00 bits per heavy atom. The molecule has 2 rings (SSSR count). The zero-order valence-corrected chi connectivity index (χ0v) is 13.3. The summed E-state index contributed by atoms with van der Waals surface area (Å²) in [6, 6.07) is 10.8. The average molecular weight is 378 g/mol. The van der Waals surface area contributed by atoms with Crippen LogP contribution in [0.25, 0.3) is 6.08 Å². The lowest BCUT2D eigenvalue weighted by molar-refractivity contribution is -0.384. The zero-order valence-electron chi connectivity index (χ0n) is 10.9. The third-order valence-corrected chi connectivity index (χ3v) is 4.15. The predicted molar refractivity (Wildman–Crippen MR) is 87.3 cm³/mol. The molecule has 0 aliphatic heterocycles. The maximum absolute atomic E-state index is 12.0. The number of amides is 1. The number of nitrogens with zero attached hydrogens (tertiary/aromatic N) is 2. The van der Waals surface area contributed by atoms with Crippen LogP contribution >= 0.6 is 27.3 Å². The van der Waals surface area contributed by atoms with Crippen molar-refractivity contribution in [2.24, 2.45) is 0 Å². The van der Waals surface area contributed by atoms with Crippen molar-refractivity contribution in [3.63, 3.8) is 0 Å². The van der Waals surface area contributed by atoms with Crippen molar-refractivity contribution in [3.05, 3.63) is 60.7 Å². The van der Waals surface area contributed by atoms with E-state index in [0.29, 0.717) is 5.69 Å². The Hall–Kier alpha value is -2.50. The minimum Gasteiger partial charge on any atom is -0.321 e. The number of anilines is 1. The molecule has 22 heavy (non-hydrogen) atoms. The Morgan fingerprint density at radius 3 is 2.50 bits per heavy atom. The molecular weight excluding hydrogens is 370 g/mol. The van der Waals surface area contributed by atoms with Crippen LogP contribution in [0.3, 0.4) is 0 Å². The standard InChI is InChI=1S/C14H8BrN3O3S/c15-13-6-5-12(22-13)7-9(8-16)14(19)17-10-1-3-11(4-2-10)18(20)21/h1-7H,(H,17,19). The summed E-state index contributed by atoms with van der Waals surface area (Å²) in [6.45, 7) is 0. The van der Waals surface area contributed by atoms with Crippen LogP contribution in [0.5, 0.6) is 0 Å². The van der Waals surface area contributed by atoms with Gasteiger partial charge in [-0.25, -0.2) is 0 Å². The van der Waals surface area contributed by atoms with Crippen LogP contribution in [0.2, 0.25) is 0 Å². The van der Waals surface area contributed by atoms with E-state index < -0.39 is 10.8 Å². The number of rotatable bonds is 4. The van der Waals surface area contributed by atoms with Crippen molar-refractivity contribution in [1.29, 1.82) is 5.26 Å². The Labute approximate surface area is 138 Å². The third-order valence-electron chi connectivity index (χ3n) is 2.58. The average Bonchev–Trinajstić information content (AvgIpc) is 2.90. The van der Waals surface area contributed by atoms with Gasteiger partial charge in [0.1, 0.15) is 11.6 Å². The van der Waals surface area contributed by atoms with E-state index in [9.17, 15) is 14.9 Å². The normalized spacial score (nSPS) is 10.8. The van der Waals surface area contributed by atoms with Crippen LogP contribution in [0, 0.1) is 21.4 Å². The minimum atomic E-state index is -0.569. The second-order valence-electron chi connectivity index (χ2n) is 4.07. The summed E-state index contributed by atoms with van der Waals surface area (Å²) in [5.41, 5.74) is 0.259. The summed E-state index contributed by atoms with van der Waals surface area (Å²) >= 11 is 4.70. The first-order chi connectivity index (χ1) is 10.5. The van der Waals surface area contributed by atoms with Gasteiger partial charge in [-0.05, 0) is 46.3 Å². The number of nitro groups is 1. The van der Waals surface area contributed by atoms with Gasteiger partial charge >= 0.3 is 0 Å². The van der Waals surface area contributed by atoms with Gasteiger partial charge < -0.3 is 5.32 Å². The van der Waals surface area contributed by atoms with E-state index in [1.165, 1.54) is 41.7 Å². The van der Waals surface area contributed by atoms with Gasteiger partial charge in [0.25, 0.3) is 11.6 Å². The van der Waals surface area contributed by atoms with Crippen LogP contribution in [-0.2, 0) is 4.79 Å². The molecule has 1 aromatic carbocycles. The highest BCUT2D eigenvalue weighted by Crippen LogP contribution is 2.24. The molecule has 0 aliphatic carbocycles. The molecule has 0 bridgehead atoms. The number of non-ortho nitro benzene ring substituents is 1. The van der Waals surface area contributed by atoms with E-state index in [2.05, 4.69) is 21.2 Å². The summed E-state index contributed by atoms with van der Waals surface area (Å²) < 4.78 is 0.895. The van der Waals surface area contributed by atoms with Crippen LogP contribution in [0.15, 0.2) is 45.8 Å². The molecule has 110 valence electrons. The van der Waals surface area contributed by atoms with Crippen molar-refractivity contribution in [2.75, 3.05) is 5.32 Å². The SMILES string of the molecule is N#CC(=Cc1ccc(Br)s1)C(=O)Nc1ccc([N+](=O)[O-])cc1. The number of carbonyl (C=O) groups excluding carboxylic acids is 1. The number of halogens is 1. The van der Waals surface area contributed by atoms with Gasteiger partial charge in [0.15, 0.2) is 0 Å². The van der Waals surface area contributed by atoms with Crippen molar-refractivity contribution in [1.82, 2.24) is 0 Å². The molecule has 0 atom stereocenters. The van der Waals surface area contributed by atoms with E-state index in [0.717, 1.165) is 8.66 Å². The van der Waals surface area contributed by atoms with Gasteiger partial charge in [-0.3, -0.25) is 14.9 Å². The molecule has 6 nitrogen and oxygen atoms in total. The Bertz CT molecular complexity index is 790. The highest BCUT2D eigenvalue weighted by atomic mass is 79.9. The first-order valence-electron chi connectivity index (χ1n) is 5.92. The topological polar surface area (TPSA) is 96.0 Å². The quantitative estimate of drug-likeness (QED) is 0.377. The van der Waals surface area contributed by atoms with Gasteiger partial charge in [-0.2, -0.15) is 5.26 Å². The molecule has 0 saturated carbocycles. The molecule has 0 radical (unpaired) electrons. The summed E-state index contributed by atoms with van der Waals surface area (Å²) in [6.07, 6.45) is 1.48. The van der Waals surface area contributed by atoms with E-state index in [1.807, 2.05) is 12.1 Å². The number of nitro benzene ring substituents is 1. The third kappa shape index (κ3) is 4.00. The van der Waals surface area contributed by atoms with Crippen molar-refractivity contribution in [3.8, 4) is 6.07 Å². The lowest BCUT2D eigenvalue weighted by Crippen LogP contribution is -2.13. The second-order valence-corrected chi connectivity index (χ2v) is 6.56. The maximum Gasteiger partial charge on any atom is 0.269 e. The van der Waals surface area contributed by atoms with Crippen LogP contribution in [0.4, 0.5) is 11.4 Å². The van der Waals surface area contributed by atoms with Crippen LogP contribution in [-0.4, -0.2) is 10.8 Å². The first kappa shape index (κ1) is 15.9. The number of hydrogen-bond acceptors (Lipinski definition) is 5. The van der Waals surface area contributed by atoms with Crippen LogP contribution < -0.4 is 5.32 Å². The van der Waals surface area contributed by atoms with Crippen molar-refractivity contribution >= 4 is 50.6 Å². The lowest BCUT2D eigenvalue weighted by Gasteiger charge is -2.03. The maximum atomic E-state index is 12.0. The molecule has 0 aliphatic rings. The monoisotopic (exact) mass is 377 g/mol. The Kier molecular flexibility index (Phi) is 5.04. The molecule has 1 amide bonds. The van der Waals surface area contributed by atoms with E-state index in [-0.39, 0.29) is 11.3 Å². The van der Waals surface area contributed by atoms with Crippen molar-refractivity contribution < 1.29 is 9.72 Å². The molecule has 1 aromatic heterocycles. The van der Waals surface area contributed by atoms with E-state index >= 15 is 0 Å². The number of benzene rings is 1. The van der Waals surface area contributed by atoms with Gasteiger partial charge in [-0.15, -0.1) is 11.3 Å².